The molecule has 0 radical (unpaired) electrons. The van der Waals surface area contributed by atoms with Gasteiger partial charge in [0.05, 0.1) is 0 Å². The number of hydrogen-bond donors (Lipinski definition) is 0. The average molecular weight is 291 g/mol. The van der Waals surface area contributed by atoms with Crippen molar-refractivity contribution in [1.29, 1.82) is 0 Å². The molecule has 2 aromatic rings. The van der Waals surface area contributed by atoms with E-state index in [4.69, 9.17) is 27.6 Å². The first-order chi connectivity index (χ1) is 8.52. The highest BCUT2D eigenvalue weighted by atomic mass is 35.5. The van der Waals surface area contributed by atoms with E-state index >= 15 is 0 Å². The van der Waals surface area contributed by atoms with Gasteiger partial charge in [-0.15, -0.1) is 11.6 Å². The number of furan rings is 1. The van der Waals surface area contributed by atoms with E-state index in [0.29, 0.717) is 5.76 Å². The van der Waals surface area contributed by atoms with Crippen LogP contribution in [0.1, 0.15) is 29.4 Å². The minimum Gasteiger partial charge on any atom is -0.464 e. The molecule has 1 nitrogen and oxygen atoms in total. The highest BCUT2D eigenvalue weighted by molar-refractivity contribution is 6.33. The Kier molecular flexibility index (Phi) is 3.93. The van der Waals surface area contributed by atoms with Gasteiger partial charge in [-0.3, -0.25) is 0 Å². The first-order valence-electron chi connectivity index (χ1n) is 5.40. The van der Waals surface area contributed by atoms with Gasteiger partial charge < -0.3 is 4.42 Å². The van der Waals surface area contributed by atoms with Crippen LogP contribution in [0.25, 0.3) is 0 Å². The van der Waals surface area contributed by atoms with Crippen molar-refractivity contribution in [1.82, 2.24) is 0 Å². The normalized spacial score (nSPS) is 12.7. The van der Waals surface area contributed by atoms with Gasteiger partial charge in [-0.25, -0.2) is 8.78 Å². The van der Waals surface area contributed by atoms with E-state index in [1.807, 2.05) is 6.92 Å². The van der Waals surface area contributed by atoms with Crippen LogP contribution in [0.5, 0.6) is 0 Å². The lowest BCUT2D eigenvalue weighted by molar-refractivity contribution is 0.472. The third-order valence-electron chi connectivity index (χ3n) is 2.59. The number of halogens is 4. The third kappa shape index (κ3) is 2.52. The first-order valence-corrected chi connectivity index (χ1v) is 6.21. The fourth-order valence-corrected chi connectivity index (χ4v) is 2.22. The molecule has 0 aliphatic rings. The van der Waals surface area contributed by atoms with E-state index < -0.39 is 17.0 Å². The van der Waals surface area contributed by atoms with Crippen molar-refractivity contribution in [2.75, 3.05) is 0 Å². The fourth-order valence-electron chi connectivity index (χ4n) is 1.61. The van der Waals surface area contributed by atoms with E-state index in [1.54, 1.807) is 12.1 Å². The predicted octanol–water partition coefficient (Wildman–Crippen LogP) is 5.10. The maximum atomic E-state index is 13.2. The van der Waals surface area contributed by atoms with Crippen LogP contribution in [-0.2, 0) is 6.42 Å². The summed E-state index contributed by atoms with van der Waals surface area (Å²) < 4.78 is 31.6. The molecule has 0 amide bonds. The summed E-state index contributed by atoms with van der Waals surface area (Å²) in [6.07, 6.45) is 0.731. The van der Waals surface area contributed by atoms with Gasteiger partial charge in [0.15, 0.2) is 11.6 Å². The Bertz CT molecular complexity index is 566. The third-order valence-corrected chi connectivity index (χ3v) is 3.37. The maximum absolute atomic E-state index is 13.2. The highest BCUT2D eigenvalue weighted by Crippen LogP contribution is 2.35. The second-order valence-electron chi connectivity index (χ2n) is 3.81. The molecule has 0 aliphatic heterocycles. The van der Waals surface area contributed by atoms with Crippen molar-refractivity contribution in [2.45, 2.75) is 18.7 Å². The molecule has 0 bridgehead atoms. The van der Waals surface area contributed by atoms with Crippen molar-refractivity contribution >= 4 is 23.2 Å². The zero-order valence-corrected chi connectivity index (χ0v) is 11.0. The van der Waals surface area contributed by atoms with Crippen LogP contribution < -0.4 is 0 Å². The van der Waals surface area contributed by atoms with Crippen molar-refractivity contribution in [3.63, 3.8) is 0 Å². The Morgan fingerprint density at radius 2 is 1.89 bits per heavy atom. The standard InChI is InChI=1S/C13H10Cl2F2O/c1-2-7-3-4-12(18-7)13(15)8-5-10(16)11(17)6-9(8)14/h3-6,13H,2H2,1H3. The van der Waals surface area contributed by atoms with Gasteiger partial charge >= 0.3 is 0 Å². The van der Waals surface area contributed by atoms with Crippen LogP contribution >= 0.6 is 23.2 Å². The summed E-state index contributed by atoms with van der Waals surface area (Å²) in [5.41, 5.74) is 0.286. The van der Waals surface area contributed by atoms with Crippen LogP contribution in [-0.4, -0.2) is 0 Å². The molecule has 5 heteroatoms. The van der Waals surface area contributed by atoms with Crippen molar-refractivity contribution in [3.05, 3.63) is 58.0 Å². The molecule has 1 atom stereocenters. The van der Waals surface area contributed by atoms with Crippen molar-refractivity contribution in [3.8, 4) is 0 Å². The second kappa shape index (κ2) is 5.29. The lowest BCUT2D eigenvalue weighted by atomic mass is 10.1. The van der Waals surface area contributed by atoms with Crippen molar-refractivity contribution < 1.29 is 13.2 Å². The minimum atomic E-state index is -0.999. The lowest BCUT2D eigenvalue weighted by Gasteiger charge is -2.10. The molecule has 1 unspecified atom stereocenters. The monoisotopic (exact) mass is 290 g/mol. The molecular weight excluding hydrogens is 281 g/mol. The molecule has 0 saturated heterocycles. The van der Waals surface area contributed by atoms with Gasteiger partial charge in [-0.05, 0) is 29.8 Å². The number of aryl methyl sites for hydroxylation is 1. The fraction of sp³-hybridized carbons (Fsp3) is 0.231. The molecule has 0 saturated carbocycles. The Morgan fingerprint density at radius 1 is 1.22 bits per heavy atom. The molecule has 1 aromatic carbocycles. The summed E-state index contributed by atoms with van der Waals surface area (Å²) in [5, 5.41) is -0.670. The summed E-state index contributed by atoms with van der Waals surface area (Å²) in [7, 11) is 0. The van der Waals surface area contributed by atoms with Gasteiger partial charge in [0.2, 0.25) is 0 Å². The molecule has 96 valence electrons. The molecule has 0 spiro atoms. The van der Waals surface area contributed by atoms with Gasteiger partial charge in [0, 0.05) is 11.4 Å². The second-order valence-corrected chi connectivity index (χ2v) is 4.65. The van der Waals surface area contributed by atoms with E-state index in [1.165, 1.54) is 0 Å². The molecule has 0 fully saturated rings. The number of benzene rings is 1. The summed E-state index contributed by atoms with van der Waals surface area (Å²) in [4.78, 5) is 0. The maximum Gasteiger partial charge on any atom is 0.160 e. The summed E-state index contributed by atoms with van der Waals surface area (Å²) >= 11 is 12.0. The quantitative estimate of drug-likeness (QED) is 0.566. The van der Waals surface area contributed by atoms with Crippen LogP contribution in [0.4, 0.5) is 8.78 Å². The topological polar surface area (TPSA) is 13.1 Å². The first kappa shape index (κ1) is 13.4. The Morgan fingerprint density at radius 3 is 2.50 bits per heavy atom. The van der Waals surface area contributed by atoms with Crippen LogP contribution in [0.2, 0.25) is 5.02 Å². The molecule has 2 rings (SSSR count). The van der Waals surface area contributed by atoms with Crippen LogP contribution in [0.3, 0.4) is 0 Å². The Balaban J connectivity index is 2.39. The predicted molar refractivity (Wildman–Crippen MR) is 67.2 cm³/mol. The average Bonchev–Trinajstić information content (AvgIpc) is 2.81. The summed E-state index contributed by atoms with van der Waals surface area (Å²) in [6.45, 7) is 1.94. The largest absolute Gasteiger partial charge is 0.464 e. The Hall–Kier alpha value is -1.06. The highest BCUT2D eigenvalue weighted by Gasteiger charge is 2.20. The molecule has 18 heavy (non-hydrogen) atoms. The molecular formula is C13H10Cl2F2O. The Labute approximate surface area is 113 Å². The summed E-state index contributed by atoms with van der Waals surface area (Å²) in [6, 6.07) is 5.39. The smallest absolute Gasteiger partial charge is 0.160 e. The van der Waals surface area contributed by atoms with Gasteiger partial charge in [0.25, 0.3) is 0 Å². The molecule has 1 heterocycles. The van der Waals surface area contributed by atoms with Gasteiger partial charge in [-0.2, -0.15) is 0 Å². The zero-order valence-electron chi connectivity index (χ0n) is 9.51. The molecule has 1 aromatic heterocycles. The van der Waals surface area contributed by atoms with Crippen LogP contribution in [0.15, 0.2) is 28.7 Å². The van der Waals surface area contributed by atoms with E-state index in [2.05, 4.69) is 0 Å². The van der Waals surface area contributed by atoms with E-state index in [0.717, 1.165) is 24.3 Å². The van der Waals surface area contributed by atoms with E-state index in [-0.39, 0.29) is 10.6 Å². The summed E-state index contributed by atoms with van der Waals surface area (Å²) in [5.74, 6) is -0.751. The zero-order chi connectivity index (χ0) is 13.3. The number of hydrogen-bond acceptors (Lipinski definition) is 1. The lowest BCUT2D eigenvalue weighted by Crippen LogP contribution is -1.96. The van der Waals surface area contributed by atoms with Crippen LogP contribution in [0, 0.1) is 11.6 Å². The van der Waals surface area contributed by atoms with E-state index in [9.17, 15) is 8.78 Å². The van der Waals surface area contributed by atoms with Gasteiger partial charge in [0.1, 0.15) is 16.9 Å². The SMILES string of the molecule is CCc1ccc(C(Cl)c2cc(F)c(F)cc2Cl)o1. The van der Waals surface area contributed by atoms with Gasteiger partial charge in [-0.1, -0.05) is 18.5 Å². The molecule has 0 N–H and O–H groups in total. The van der Waals surface area contributed by atoms with Crippen molar-refractivity contribution in [2.24, 2.45) is 0 Å². The minimum absolute atomic E-state index is 0.0725. The number of rotatable bonds is 3. The molecule has 0 aliphatic carbocycles. The number of alkyl halides is 1.